The predicted octanol–water partition coefficient (Wildman–Crippen LogP) is 3.34. The van der Waals surface area contributed by atoms with Crippen LogP contribution in [0.4, 0.5) is 0 Å². The summed E-state index contributed by atoms with van der Waals surface area (Å²) < 4.78 is 5.00. The van der Waals surface area contributed by atoms with Crippen molar-refractivity contribution >= 4 is 30.2 Å². The van der Waals surface area contributed by atoms with Gasteiger partial charge in [-0.05, 0) is 64.7 Å². The zero-order chi connectivity index (χ0) is 26.4. The number of carbonyl (C=O) groups is 2. The second kappa shape index (κ2) is 10.9. The lowest BCUT2D eigenvalue weighted by molar-refractivity contribution is -0.160. The molecule has 186 valence electrons. The number of phenols is 6. The van der Waals surface area contributed by atoms with Gasteiger partial charge < -0.3 is 40.5 Å². The van der Waals surface area contributed by atoms with Crippen LogP contribution in [-0.2, 0) is 20.7 Å². The third-order valence-electron chi connectivity index (χ3n) is 5.03. The summed E-state index contributed by atoms with van der Waals surface area (Å²) in [5.41, 5.74) is 1.45. The number of carboxylic acid groups (broad SMARTS) is 1. The van der Waals surface area contributed by atoms with Crippen LogP contribution in [0.2, 0.25) is 0 Å². The largest absolute Gasteiger partial charge is 0.504 e. The Bertz CT molecular complexity index is 1360. The highest BCUT2D eigenvalue weighted by molar-refractivity contribution is 5.90. The predicted molar refractivity (Wildman–Crippen MR) is 128 cm³/mol. The highest BCUT2D eigenvalue weighted by Gasteiger charge is 2.22. The second-order valence-electron chi connectivity index (χ2n) is 7.68. The molecule has 0 aliphatic heterocycles. The van der Waals surface area contributed by atoms with Gasteiger partial charge in [0.25, 0.3) is 0 Å². The van der Waals surface area contributed by atoms with Crippen molar-refractivity contribution in [2.75, 3.05) is 0 Å². The fourth-order valence-corrected chi connectivity index (χ4v) is 3.15. The maximum Gasteiger partial charge on any atom is 0.345 e. The highest BCUT2D eigenvalue weighted by Crippen LogP contribution is 2.31. The number of phenolic OH excluding ortho intramolecular Hbond substituents is 6. The van der Waals surface area contributed by atoms with E-state index in [2.05, 4.69) is 0 Å². The van der Waals surface area contributed by atoms with Gasteiger partial charge in [-0.15, -0.1) is 0 Å². The van der Waals surface area contributed by atoms with Gasteiger partial charge in [0.05, 0.1) is 0 Å². The molecular formula is C26H22O10. The van der Waals surface area contributed by atoms with Crippen molar-refractivity contribution in [3.05, 3.63) is 76.9 Å². The Morgan fingerprint density at radius 2 is 1.25 bits per heavy atom. The van der Waals surface area contributed by atoms with Crippen LogP contribution >= 0.6 is 0 Å². The maximum atomic E-state index is 12.3. The van der Waals surface area contributed by atoms with Crippen molar-refractivity contribution in [1.82, 2.24) is 0 Å². The summed E-state index contributed by atoms with van der Waals surface area (Å²) in [6, 6.07) is 10.2. The number of aromatic hydroxyl groups is 6. The molecule has 10 nitrogen and oxygen atoms in total. The average Bonchev–Trinajstić information content (AvgIpc) is 2.82. The lowest BCUT2D eigenvalue weighted by Gasteiger charge is -2.13. The molecule has 3 rings (SSSR count). The monoisotopic (exact) mass is 494 g/mol. The molecule has 1 atom stereocenters. The Balaban J connectivity index is 1.79. The summed E-state index contributed by atoms with van der Waals surface area (Å²) in [6.07, 6.45) is 3.42. The molecule has 0 saturated carbocycles. The zero-order valence-corrected chi connectivity index (χ0v) is 18.6. The van der Waals surface area contributed by atoms with Crippen molar-refractivity contribution in [2.24, 2.45) is 0 Å². The third-order valence-corrected chi connectivity index (χ3v) is 5.03. The molecule has 0 aliphatic carbocycles. The molecule has 36 heavy (non-hydrogen) atoms. The van der Waals surface area contributed by atoms with Crippen LogP contribution in [0, 0.1) is 0 Å². The van der Waals surface area contributed by atoms with Crippen LogP contribution in [0.1, 0.15) is 22.3 Å². The minimum atomic E-state index is -1.58. The van der Waals surface area contributed by atoms with E-state index in [9.17, 15) is 45.3 Å². The Morgan fingerprint density at radius 3 is 1.83 bits per heavy atom. The van der Waals surface area contributed by atoms with Gasteiger partial charge in [-0.3, -0.25) is 0 Å². The number of rotatable bonds is 8. The molecule has 0 bridgehead atoms. The average molecular weight is 494 g/mol. The summed E-state index contributed by atoms with van der Waals surface area (Å²) in [5, 5.41) is 67.1. The van der Waals surface area contributed by atoms with Crippen molar-refractivity contribution in [3.63, 3.8) is 0 Å². The highest BCUT2D eigenvalue weighted by atomic mass is 16.6. The topological polar surface area (TPSA) is 185 Å². The van der Waals surface area contributed by atoms with E-state index < -0.39 is 35.3 Å². The molecule has 0 aliphatic rings. The van der Waals surface area contributed by atoms with E-state index in [1.54, 1.807) is 6.08 Å². The molecule has 0 fully saturated rings. The van der Waals surface area contributed by atoms with E-state index in [0.29, 0.717) is 16.7 Å². The zero-order valence-electron chi connectivity index (χ0n) is 18.6. The summed E-state index contributed by atoms with van der Waals surface area (Å²) in [5.74, 6) is -4.76. The molecule has 7 N–H and O–H groups in total. The quantitative estimate of drug-likeness (QED) is 0.106. The molecule has 0 spiro atoms. The van der Waals surface area contributed by atoms with Crippen molar-refractivity contribution < 1.29 is 50.1 Å². The standard InChI is InChI=1S/C26H22O10/c27-18-6-2-14(9-20(18)29)1-4-16-12-22(31)23(32)13-17(16)5-8-25(33)36-24(26(34)35)11-15-3-7-19(28)21(30)10-15/h1-10,12-13,24,27-32H,11H2,(H,34,35). The minimum Gasteiger partial charge on any atom is -0.504 e. The van der Waals surface area contributed by atoms with Gasteiger partial charge in [0.15, 0.2) is 34.5 Å². The van der Waals surface area contributed by atoms with Crippen LogP contribution in [-0.4, -0.2) is 53.8 Å². The summed E-state index contributed by atoms with van der Waals surface area (Å²) in [6.45, 7) is 0. The number of hydrogen-bond acceptors (Lipinski definition) is 9. The Morgan fingerprint density at radius 1 is 0.694 bits per heavy atom. The Labute approximate surface area is 204 Å². The minimum absolute atomic E-state index is 0.268. The van der Waals surface area contributed by atoms with Gasteiger partial charge in [-0.2, -0.15) is 0 Å². The molecule has 0 radical (unpaired) electrons. The number of benzene rings is 3. The van der Waals surface area contributed by atoms with Crippen molar-refractivity contribution in [3.8, 4) is 34.5 Å². The van der Waals surface area contributed by atoms with Gasteiger partial charge in [-0.25, -0.2) is 9.59 Å². The number of hydrogen-bond donors (Lipinski definition) is 7. The number of aliphatic carboxylic acids is 1. The van der Waals surface area contributed by atoms with Crippen LogP contribution < -0.4 is 0 Å². The van der Waals surface area contributed by atoms with Crippen molar-refractivity contribution in [1.29, 1.82) is 0 Å². The first-order valence-electron chi connectivity index (χ1n) is 10.4. The van der Waals surface area contributed by atoms with Gasteiger partial charge in [0.2, 0.25) is 6.10 Å². The normalized spacial score (nSPS) is 12.1. The Kier molecular flexibility index (Phi) is 7.70. The first-order chi connectivity index (χ1) is 17.0. The molecule has 0 heterocycles. The van der Waals surface area contributed by atoms with Gasteiger partial charge >= 0.3 is 11.9 Å². The second-order valence-corrected chi connectivity index (χ2v) is 7.68. The summed E-state index contributed by atoms with van der Waals surface area (Å²) in [4.78, 5) is 23.9. The molecule has 0 saturated heterocycles. The SMILES string of the molecule is O=C(C=Cc1cc(O)c(O)cc1C=Cc1ccc(O)c(O)c1)OC(Cc1ccc(O)c(O)c1)C(=O)O. The lowest BCUT2D eigenvalue weighted by atomic mass is 10.0. The molecule has 0 aromatic heterocycles. The first-order valence-corrected chi connectivity index (χ1v) is 10.4. The third kappa shape index (κ3) is 6.48. The van der Waals surface area contributed by atoms with E-state index in [4.69, 9.17) is 4.74 Å². The first kappa shape index (κ1) is 25.5. The maximum absolute atomic E-state index is 12.3. The van der Waals surface area contributed by atoms with Crippen LogP contribution in [0.25, 0.3) is 18.2 Å². The molecular weight excluding hydrogens is 472 g/mol. The van der Waals surface area contributed by atoms with E-state index >= 15 is 0 Å². The molecule has 0 amide bonds. The molecule has 3 aromatic rings. The smallest absolute Gasteiger partial charge is 0.345 e. The van der Waals surface area contributed by atoms with Crippen LogP contribution in [0.3, 0.4) is 0 Å². The lowest BCUT2D eigenvalue weighted by Crippen LogP contribution is -2.28. The van der Waals surface area contributed by atoms with Gasteiger partial charge in [0.1, 0.15) is 0 Å². The van der Waals surface area contributed by atoms with Crippen LogP contribution in [0.5, 0.6) is 34.5 Å². The number of esters is 1. The van der Waals surface area contributed by atoms with Crippen LogP contribution in [0.15, 0.2) is 54.6 Å². The van der Waals surface area contributed by atoms with Gasteiger partial charge in [-0.1, -0.05) is 24.3 Å². The van der Waals surface area contributed by atoms with Crippen molar-refractivity contribution in [2.45, 2.75) is 12.5 Å². The van der Waals surface area contributed by atoms with E-state index in [0.717, 1.165) is 12.1 Å². The fourth-order valence-electron chi connectivity index (χ4n) is 3.15. The van der Waals surface area contributed by atoms with E-state index in [1.165, 1.54) is 54.6 Å². The summed E-state index contributed by atoms with van der Waals surface area (Å²) >= 11 is 0. The number of carbonyl (C=O) groups excluding carboxylic acids is 1. The number of carboxylic acids is 1. The van der Waals surface area contributed by atoms with E-state index in [-0.39, 0.29) is 29.2 Å². The molecule has 3 aromatic carbocycles. The Hall–Kier alpha value is -5.12. The summed E-state index contributed by atoms with van der Waals surface area (Å²) in [7, 11) is 0. The number of ether oxygens (including phenoxy) is 1. The van der Waals surface area contributed by atoms with Gasteiger partial charge in [0, 0.05) is 12.5 Å². The van der Waals surface area contributed by atoms with E-state index in [1.807, 2.05) is 0 Å². The molecule has 1 unspecified atom stereocenters. The fraction of sp³-hybridized carbons (Fsp3) is 0.0769. The molecule has 10 heteroatoms.